The summed E-state index contributed by atoms with van der Waals surface area (Å²) in [5.41, 5.74) is 4.93. The molecular weight excluding hydrogens is 390 g/mol. The highest BCUT2D eigenvalue weighted by Crippen LogP contribution is 2.49. The van der Waals surface area contributed by atoms with E-state index in [0.29, 0.717) is 22.9 Å². The van der Waals surface area contributed by atoms with E-state index in [9.17, 15) is 4.79 Å². The molecule has 1 saturated carbocycles. The second-order valence-electron chi connectivity index (χ2n) is 9.18. The Hall–Kier alpha value is -3.19. The van der Waals surface area contributed by atoms with Crippen LogP contribution in [0.5, 0.6) is 0 Å². The first-order chi connectivity index (χ1) is 14.9. The minimum absolute atomic E-state index is 0.368. The molecule has 6 rings (SSSR count). The highest BCUT2D eigenvalue weighted by Gasteiger charge is 2.56. The summed E-state index contributed by atoms with van der Waals surface area (Å²) >= 11 is 0. The Morgan fingerprint density at radius 3 is 2.58 bits per heavy atom. The Morgan fingerprint density at radius 1 is 1.06 bits per heavy atom. The monoisotopic (exact) mass is 415 g/mol. The molecule has 31 heavy (non-hydrogen) atoms. The lowest BCUT2D eigenvalue weighted by Gasteiger charge is -2.24. The Kier molecular flexibility index (Phi) is 3.84. The van der Waals surface area contributed by atoms with Gasteiger partial charge in [0.2, 0.25) is 0 Å². The summed E-state index contributed by atoms with van der Waals surface area (Å²) in [6.45, 7) is 6.00. The van der Waals surface area contributed by atoms with Gasteiger partial charge in [-0.05, 0) is 58.0 Å². The number of benzene rings is 1. The number of imidazole rings is 1. The van der Waals surface area contributed by atoms with Crippen LogP contribution in [0, 0.1) is 25.7 Å². The smallest absolute Gasteiger partial charge is 0.345 e. The maximum absolute atomic E-state index is 12.8. The van der Waals surface area contributed by atoms with Gasteiger partial charge in [-0.3, -0.25) is 4.98 Å². The predicted molar refractivity (Wildman–Crippen MR) is 121 cm³/mol. The van der Waals surface area contributed by atoms with Gasteiger partial charge >= 0.3 is 5.63 Å². The van der Waals surface area contributed by atoms with E-state index < -0.39 is 0 Å². The maximum Gasteiger partial charge on any atom is 0.345 e. The van der Waals surface area contributed by atoms with Crippen molar-refractivity contribution in [2.75, 3.05) is 32.1 Å². The molecule has 1 aliphatic carbocycles. The zero-order valence-corrected chi connectivity index (χ0v) is 18.2. The molecule has 1 aromatic carbocycles. The molecule has 0 spiro atoms. The van der Waals surface area contributed by atoms with Gasteiger partial charge < -0.3 is 18.6 Å². The first-order valence-electron chi connectivity index (χ1n) is 10.7. The molecular formula is C24H25N5O2. The quantitative estimate of drug-likeness (QED) is 0.479. The molecule has 0 radical (unpaired) electrons. The minimum atomic E-state index is -0.368. The van der Waals surface area contributed by atoms with E-state index in [-0.39, 0.29) is 5.63 Å². The van der Waals surface area contributed by atoms with Gasteiger partial charge in [0.05, 0.1) is 22.6 Å². The number of hydrogen-bond donors (Lipinski definition) is 0. The zero-order chi connectivity index (χ0) is 21.4. The van der Waals surface area contributed by atoms with Crippen molar-refractivity contribution in [3.8, 4) is 11.3 Å². The summed E-state index contributed by atoms with van der Waals surface area (Å²) < 4.78 is 7.66. The Bertz CT molecular complexity index is 1390. The first kappa shape index (κ1) is 18.6. The highest BCUT2D eigenvalue weighted by molar-refractivity contribution is 5.84. The molecule has 3 atom stereocenters. The van der Waals surface area contributed by atoms with Gasteiger partial charge in [0.1, 0.15) is 5.58 Å². The molecule has 1 aliphatic heterocycles. The van der Waals surface area contributed by atoms with E-state index in [2.05, 4.69) is 39.9 Å². The van der Waals surface area contributed by atoms with Gasteiger partial charge in [0, 0.05) is 48.7 Å². The number of nitrogens with zero attached hydrogens (tertiary/aromatic N) is 5. The van der Waals surface area contributed by atoms with E-state index >= 15 is 0 Å². The summed E-state index contributed by atoms with van der Waals surface area (Å²) in [7, 11) is 4.33. The van der Waals surface area contributed by atoms with Gasteiger partial charge in [-0.1, -0.05) is 0 Å². The number of aryl methyl sites for hydroxylation is 2. The standard InChI is InChI=1S/C24H25N5O2/c1-13-9-29-12-20(26-23(29)14(2)25-13)17-7-15-5-6-16(8-21(15)31-24(17)30)28-10-18-19(11-28)22(18)27(3)4/h5-9,12,18-19,22H,10-11H2,1-4H3/t18-,19+,22?. The summed E-state index contributed by atoms with van der Waals surface area (Å²) in [6.07, 6.45) is 3.77. The van der Waals surface area contributed by atoms with Crippen molar-refractivity contribution in [3.05, 3.63) is 58.5 Å². The van der Waals surface area contributed by atoms with Gasteiger partial charge in [-0.25, -0.2) is 9.78 Å². The molecule has 158 valence electrons. The third-order valence-corrected chi connectivity index (χ3v) is 6.83. The summed E-state index contributed by atoms with van der Waals surface area (Å²) in [6, 6.07) is 8.76. The van der Waals surface area contributed by atoms with Gasteiger partial charge in [0.15, 0.2) is 5.65 Å². The lowest BCUT2D eigenvalue weighted by Crippen LogP contribution is -2.30. The Labute approximate surface area is 179 Å². The van der Waals surface area contributed by atoms with Crippen LogP contribution in [0.4, 0.5) is 5.69 Å². The van der Waals surface area contributed by atoms with Crippen molar-refractivity contribution in [1.29, 1.82) is 0 Å². The van der Waals surface area contributed by atoms with E-state index in [0.717, 1.165) is 53.0 Å². The molecule has 0 bridgehead atoms. The molecule has 4 heterocycles. The normalized spacial score (nSPS) is 22.6. The molecule has 1 unspecified atom stereocenters. The average Bonchev–Trinajstić information content (AvgIpc) is 3.05. The molecule has 4 aromatic rings. The fourth-order valence-electron chi connectivity index (χ4n) is 5.38. The van der Waals surface area contributed by atoms with Crippen LogP contribution in [-0.2, 0) is 0 Å². The van der Waals surface area contributed by atoms with Crippen LogP contribution in [0.15, 0.2) is 45.9 Å². The van der Waals surface area contributed by atoms with Crippen LogP contribution in [0.2, 0.25) is 0 Å². The lowest BCUT2D eigenvalue weighted by atomic mass is 10.1. The minimum Gasteiger partial charge on any atom is -0.422 e. The van der Waals surface area contributed by atoms with Crippen molar-refractivity contribution >= 4 is 22.3 Å². The van der Waals surface area contributed by atoms with E-state index in [1.54, 1.807) is 0 Å². The van der Waals surface area contributed by atoms with Crippen molar-refractivity contribution in [1.82, 2.24) is 19.3 Å². The van der Waals surface area contributed by atoms with Gasteiger partial charge in [0.25, 0.3) is 0 Å². The van der Waals surface area contributed by atoms with Gasteiger partial charge in [-0.15, -0.1) is 0 Å². The van der Waals surface area contributed by atoms with E-state index in [1.807, 2.05) is 48.8 Å². The first-order valence-corrected chi connectivity index (χ1v) is 10.7. The predicted octanol–water partition coefficient (Wildman–Crippen LogP) is 3.12. The Morgan fingerprint density at radius 2 is 1.84 bits per heavy atom. The molecule has 2 aliphatic rings. The molecule has 0 amide bonds. The fourth-order valence-corrected chi connectivity index (χ4v) is 5.38. The maximum atomic E-state index is 12.8. The van der Waals surface area contributed by atoms with E-state index in [4.69, 9.17) is 4.42 Å². The fraction of sp³-hybridized carbons (Fsp3) is 0.375. The van der Waals surface area contributed by atoms with Crippen LogP contribution >= 0.6 is 0 Å². The highest BCUT2D eigenvalue weighted by atomic mass is 16.4. The number of hydrogen-bond acceptors (Lipinski definition) is 6. The SMILES string of the molecule is Cc1cn2cc(-c3cc4ccc(N5C[C@@H]6C(N(C)C)[C@@H]6C5)cc4oc3=O)nc2c(C)n1. The van der Waals surface area contributed by atoms with Crippen molar-refractivity contribution in [2.45, 2.75) is 19.9 Å². The summed E-state index contributed by atoms with van der Waals surface area (Å²) in [5, 5.41) is 0.900. The van der Waals surface area contributed by atoms with Crippen molar-refractivity contribution < 1.29 is 4.42 Å². The number of aromatic nitrogens is 3. The molecule has 3 aromatic heterocycles. The topological polar surface area (TPSA) is 66.9 Å². The van der Waals surface area contributed by atoms with Crippen LogP contribution in [0.1, 0.15) is 11.4 Å². The molecule has 7 heteroatoms. The largest absolute Gasteiger partial charge is 0.422 e. The number of fused-ring (bicyclic) bond motifs is 3. The Balaban J connectivity index is 1.34. The van der Waals surface area contributed by atoms with Crippen molar-refractivity contribution in [2.24, 2.45) is 11.8 Å². The van der Waals surface area contributed by atoms with Crippen LogP contribution < -0.4 is 10.5 Å². The summed E-state index contributed by atoms with van der Waals surface area (Å²) in [4.78, 5) is 26.7. The molecule has 7 nitrogen and oxygen atoms in total. The zero-order valence-electron chi connectivity index (χ0n) is 18.2. The summed E-state index contributed by atoms with van der Waals surface area (Å²) in [5.74, 6) is 1.49. The van der Waals surface area contributed by atoms with Crippen LogP contribution in [0.25, 0.3) is 27.9 Å². The van der Waals surface area contributed by atoms with Crippen molar-refractivity contribution in [3.63, 3.8) is 0 Å². The average molecular weight is 415 g/mol. The van der Waals surface area contributed by atoms with Crippen LogP contribution in [0.3, 0.4) is 0 Å². The second-order valence-corrected chi connectivity index (χ2v) is 9.18. The molecule has 1 saturated heterocycles. The van der Waals surface area contributed by atoms with Crippen LogP contribution in [-0.4, -0.2) is 52.5 Å². The third kappa shape index (κ3) is 2.87. The van der Waals surface area contributed by atoms with E-state index in [1.165, 1.54) is 0 Å². The lowest BCUT2D eigenvalue weighted by molar-refractivity contribution is 0.357. The molecule has 0 N–H and O–H groups in total. The third-order valence-electron chi connectivity index (χ3n) is 6.83. The van der Waals surface area contributed by atoms with Gasteiger partial charge in [-0.2, -0.15) is 0 Å². The number of piperidine rings is 1. The number of anilines is 1. The number of rotatable bonds is 3. The second kappa shape index (κ2) is 6.40. The molecule has 2 fully saturated rings.